The van der Waals surface area contributed by atoms with Crippen molar-refractivity contribution in [1.29, 1.82) is 0 Å². The molecule has 62 heavy (non-hydrogen) atoms. The number of quaternary nitrogens is 1. The molecule has 0 aliphatic carbocycles. The number of likely N-dealkylation sites (tertiary alicyclic amines) is 1. The van der Waals surface area contributed by atoms with Crippen molar-refractivity contribution in [2.45, 2.75) is 77.5 Å². The minimum Gasteiger partial charge on any atom is -0.544 e. The van der Waals surface area contributed by atoms with Crippen LogP contribution >= 0.6 is 11.3 Å². The number of carbonyl (C=O) groups is 3. The first kappa shape index (κ1) is 43.8. The Morgan fingerprint density at radius 2 is 1.89 bits per heavy atom. The maximum Gasteiger partial charge on any atom is 0.338 e. The second kappa shape index (κ2) is 18.8. The Bertz CT molecular complexity index is 2500. The molecule has 2 saturated heterocycles. The Labute approximate surface area is 362 Å². The summed E-state index contributed by atoms with van der Waals surface area (Å²) in [6.45, 7) is 10.8. The average molecular weight is 869 g/mol. The molecule has 4 aromatic heterocycles. The fourth-order valence-electron chi connectivity index (χ4n) is 8.02. The smallest absolute Gasteiger partial charge is 0.338 e. The number of amides is 3. The summed E-state index contributed by atoms with van der Waals surface area (Å²) in [6, 6.07) is 10.1. The van der Waals surface area contributed by atoms with Gasteiger partial charge in [-0.3, -0.25) is 24.1 Å². The lowest BCUT2D eigenvalue weighted by Gasteiger charge is -2.39. The summed E-state index contributed by atoms with van der Waals surface area (Å²) in [4.78, 5) is 69.7. The van der Waals surface area contributed by atoms with Crippen LogP contribution in [0.25, 0.3) is 17.8 Å². The van der Waals surface area contributed by atoms with Gasteiger partial charge in [0.05, 0.1) is 50.5 Å². The molecule has 7 rings (SSSR count). The number of carbonyl (C=O) groups excluding carboxylic acids is 3. The number of hydroxylamine groups is 1. The highest BCUT2D eigenvalue weighted by Crippen LogP contribution is 2.29. The van der Waals surface area contributed by atoms with Crippen LogP contribution in [0.1, 0.15) is 86.4 Å². The molecule has 0 saturated carbocycles. The fourth-order valence-corrected chi connectivity index (χ4v) is 8.95. The maximum absolute atomic E-state index is 14.4. The number of anilines is 2. The lowest BCUT2D eigenvalue weighted by Crippen LogP contribution is -2.60. The third kappa shape index (κ3) is 10.1. The van der Waals surface area contributed by atoms with Gasteiger partial charge < -0.3 is 29.3 Å². The van der Waals surface area contributed by atoms with Crippen molar-refractivity contribution < 1.29 is 33.5 Å². The zero-order chi connectivity index (χ0) is 44.0. The van der Waals surface area contributed by atoms with Crippen molar-refractivity contribution >= 4 is 58.0 Å². The lowest BCUT2D eigenvalue weighted by molar-refractivity contribution is -0.931. The summed E-state index contributed by atoms with van der Waals surface area (Å²) in [5.41, 5.74) is 4.56. The Hall–Kier alpha value is -6.25. The molecular formula is C42H52N12O7S. The van der Waals surface area contributed by atoms with Gasteiger partial charge in [-0.1, -0.05) is 32.9 Å². The van der Waals surface area contributed by atoms with E-state index in [0.29, 0.717) is 65.8 Å². The molecule has 328 valence electrons. The maximum atomic E-state index is 14.4. The first-order valence-electron chi connectivity index (χ1n) is 20.7. The number of ether oxygens (including phenoxy) is 1. The topological polar surface area (TPSA) is 223 Å². The standard InChI is InChI=1S/C42H52N12O7S/c1-6-54(25-36(55)56)20-8-9-29(54)22-43-40(59)48-61-31-10-7-18-51(24-31)37-32(15-16-34-47-49-50-53(34)23-27-11-13-30(60-5)14-12-27)39(58)52-19-17-28(21-35(52)45-37)38(57)46-41-44-33(26-62-41)42(2,3)4/h11-17,19,21,26,29,31H,6-10,18,20,22-25H2,1-5H3,(H3-,43,44,46,48,55,56,57,59)/t29?,31-,54?/m1/s1. The van der Waals surface area contributed by atoms with Gasteiger partial charge in [-0.15, -0.1) is 16.4 Å². The van der Waals surface area contributed by atoms with Crippen LogP contribution in [0, 0.1) is 0 Å². The second-order valence-corrected chi connectivity index (χ2v) is 17.5. The van der Waals surface area contributed by atoms with Crippen molar-refractivity contribution in [3.05, 3.63) is 86.5 Å². The highest BCUT2D eigenvalue weighted by atomic mass is 32.1. The van der Waals surface area contributed by atoms with E-state index in [0.717, 1.165) is 36.4 Å². The molecule has 2 unspecified atom stereocenters. The number of nitrogens with zero attached hydrogens (tertiary/aromatic N) is 9. The van der Waals surface area contributed by atoms with Gasteiger partial charge in [-0.25, -0.2) is 24.9 Å². The van der Waals surface area contributed by atoms with Gasteiger partial charge in [0.1, 0.15) is 35.9 Å². The number of benzene rings is 1. The summed E-state index contributed by atoms with van der Waals surface area (Å²) >= 11 is 1.34. The van der Waals surface area contributed by atoms with E-state index in [1.807, 2.05) is 62.2 Å². The van der Waals surface area contributed by atoms with Crippen LogP contribution in [0.3, 0.4) is 0 Å². The van der Waals surface area contributed by atoms with Crippen LogP contribution in [0.2, 0.25) is 0 Å². The number of carboxylic acid groups (broad SMARTS) is 1. The van der Waals surface area contributed by atoms with E-state index < -0.39 is 24.0 Å². The molecule has 0 bridgehead atoms. The van der Waals surface area contributed by atoms with E-state index in [-0.39, 0.29) is 41.3 Å². The van der Waals surface area contributed by atoms with Gasteiger partial charge in [-0.05, 0) is 72.2 Å². The number of carboxylic acids is 1. The van der Waals surface area contributed by atoms with Crippen LogP contribution in [0.5, 0.6) is 5.75 Å². The van der Waals surface area contributed by atoms with Gasteiger partial charge >= 0.3 is 6.03 Å². The molecule has 2 aliphatic heterocycles. The van der Waals surface area contributed by atoms with E-state index in [1.54, 1.807) is 36.1 Å². The fraction of sp³-hybridized carbons (Fsp3) is 0.452. The molecule has 2 fully saturated rings. The van der Waals surface area contributed by atoms with E-state index >= 15 is 0 Å². The predicted octanol–water partition coefficient (Wildman–Crippen LogP) is 2.86. The predicted molar refractivity (Wildman–Crippen MR) is 230 cm³/mol. The van der Waals surface area contributed by atoms with E-state index in [2.05, 4.69) is 36.6 Å². The molecule has 19 nitrogen and oxygen atoms in total. The number of hydrogen-bond acceptors (Lipinski definition) is 14. The Balaban J connectivity index is 1.12. The van der Waals surface area contributed by atoms with Crippen LogP contribution < -0.4 is 36.4 Å². The van der Waals surface area contributed by atoms with Crippen LogP contribution in [0.4, 0.5) is 15.7 Å². The first-order chi connectivity index (χ1) is 29.7. The van der Waals surface area contributed by atoms with E-state index in [4.69, 9.17) is 14.6 Å². The number of hydrogen-bond donors (Lipinski definition) is 3. The molecule has 20 heteroatoms. The summed E-state index contributed by atoms with van der Waals surface area (Å²) < 4.78 is 8.64. The Morgan fingerprint density at radius 1 is 1.08 bits per heavy atom. The van der Waals surface area contributed by atoms with Gasteiger partial charge in [0.2, 0.25) is 0 Å². The SMILES string of the molecule is CC[N+]1(CC(=O)[O-])CCCC1CNC(=O)NO[C@@H]1CCCN(c2nc3cc(C(=O)Nc4nc(C(C)(C)C)cs4)ccn3c(=O)c2C=Cc2nnnn2Cc2ccc(OC)cc2)C1. The summed E-state index contributed by atoms with van der Waals surface area (Å²) in [6.07, 6.45) is 7.30. The third-order valence-corrected chi connectivity index (χ3v) is 12.3. The highest BCUT2D eigenvalue weighted by molar-refractivity contribution is 7.14. The number of rotatable bonds is 15. The zero-order valence-corrected chi connectivity index (χ0v) is 36.3. The first-order valence-corrected chi connectivity index (χ1v) is 21.5. The van der Waals surface area contributed by atoms with E-state index in [1.165, 1.54) is 21.9 Å². The van der Waals surface area contributed by atoms with Crippen LogP contribution in [-0.2, 0) is 21.6 Å². The molecule has 0 radical (unpaired) electrons. The third-order valence-electron chi connectivity index (χ3n) is 11.5. The molecule has 2 aliphatic rings. The normalized spacial score (nSPS) is 19.2. The zero-order valence-electron chi connectivity index (χ0n) is 35.5. The Kier molecular flexibility index (Phi) is 13.3. The molecule has 1 aromatic carbocycles. The van der Waals surface area contributed by atoms with Crippen molar-refractivity contribution in [3.63, 3.8) is 0 Å². The molecule has 0 spiro atoms. The number of pyridine rings is 1. The number of aromatic nitrogens is 7. The minimum absolute atomic E-state index is 0.0502. The minimum atomic E-state index is -1.10. The number of piperidine rings is 1. The molecular weight excluding hydrogens is 817 g/mol. The quantitative estimate of drug-likeness (QED) is 0.102. The largest absolute Gasteiger partial charge is 0.544 e. The molecule has 3 N–H and O–H groups in total. The Morgan fingerprint density at radius 3 is 2.61 bits per heavy atom. The number of thiazole rings is 1. The van der Waals surface area contributed by atoms with Crippen molar-refractivity contribution in [3.8, 4) is 5.75 Å². The number of urea groups is 1. The van der Waals surface area contributed by atoms with Gasteiger partial charge in [0.25, 0.3) is 11.5 Å². The summed E-state index contributed by atoms with van der Waals surface area (Å²) in [7, 11) is 1.60. The number of likely N-dealkylation sites (N-methyl/N-ethyl adjacent to an activating group) is 1. The number of methoxy groups -OCH3 is 1. The van der Waals surface area contributed by atoms with Crippen LogP contribution in [0.15, 0.2) is 52.8 Å². The monoisotopic (exact) mass is 868 g/mol. The average Bonchev–Trinajstić information content (AvgIpc) is 4.02. The molecule has 6 heterocycles. The van der Waals surface area contributed by atoms with Crippen molar-refractivity contribution in [2.75, 3.05) is 56.6 Å². The lowest BCUT2D eigenvalue weighted by atomic mass is 9.93. The van der Waals surface area contributed by atoms with Gasteiger partial charge in [0, 0.05) is 48.5 Å². The highest BCUT2D eigenvalue weighted by Gasteiger charge is 2.40. The van der Waals surface area contributed by atoms with Crippen molar-refractivity contribution in [2.24, 2.45) is 0 Å². The number of fused-ring (bicyclic) bond motifs is 1. The van der Waals surface area contributed by atoms with E-state index in [9.17, 15) is 24.3 Å². The summed E-state index contributed by atoms with van der Waals surface area (Å²) in [5.74, 6) is -0.0143. The number of aliphatic carboxylic acids is 1. The molecule has 3 atom stereocenters. The van der Waals surface area contributed by atoms with Crippen molar-refractivity contribution in [1.82, 2.24) is 45.4 Å². The number of nitrogens with one attached hydrogen (secondary N) is 3. The van der Waals surface area contributed by atoms with Crippen LogP contribution in [-0.4, -0.2) is 115 Å². The summed E-state index contributed by atoms with van der Waals surface area (Å²) in [5, 5.41) is 31.9. The second-order valence-electron chi connectivity index (χ2n) is 16.6. The molecule has 5 aromatic rings. The van der Waals surface area contributed by atoms with Gasteiger partial charge in [-0.2, -0.15) is 0 Å². The number of tetrazole rings is 1. The molecule has 3 amide bonds. The van der Waals surface area contributed by atoms with Gasteiger partial charge in [0.15, 0.2) is 11.0 Å².